The van der Waals surface area contributed by atoms with Gasteiger partial charge >= 0.3 is 0 Å². The second-order valence-electron chi connectivity index (χ2n) is 6.32. The summed E-state index contributed by atoms with van der Waals surface area (Å²) in [5.41, 5.74) is 2.82. The fourth-order valence-electron chi connectivity index (χ4n) is 2.93. The predicted octanol–water partition coefficient (Wildman–Crippen LogP) is 3.55. The largest absolute Gasteiger partial charge is 0.347 e. The lowest BCUT2D eigenvalue weighted by Gasteiger charge is -2.14. The molecule has 0 bridgehead atoms. The maximum atomic E-state index is 12.5. The summed E-state index contributed by atoms with van der Waals surface area (Å²) < 4.78 is 1.72. The van der Waals surface area contributed by atoms with E-state index in [1.54, 1.807) is 29.2 Å². The number of aryl methyl sites for hydroxylation is 1. The van der Waals surface area contributed by atoms with E-state index in [2.05, 4.69) is 25.4 Å². The van der Waals surface area contributed by atoms with Gasteiger partial charge in [0.05, 0.1) is 17.9 Å². The highest BCUT2D eigenvalue weighted by Crippen LogP contribution is 2.22. The number of nitrogens with one attached hydrogen (secondary N) is 2. The number of anilines is 1. The van der Waals surface area contributed by atoms with E-state index in [1.807, 2.05) is 38.4 Å². The summed E-state index contributed by atoms with van der Waals surface area (Å²) in [6.07, 6.45) is 5.30. The van der Waals surface area contributed by atoms with Crippen LogP contribution in [0.3, 0.4) is 0 Å². The monoisotopic (exact) mass is 380 g/mol. The SMILES string of the molecule is C[C@H](Nc1nccc(-c2cnn(C)c2)n1)c1cc2cc(Cl)ccc2[nH]c1=O. The van der Waals surface area contributed by atoms with Gasteiger partial charge < -0.3 is 10.3 Å². The molecule has 0 unspecified atom stereocenters. The van der Waals surface area contributed by atoms with Crippen LogP contribution in [0.1, 0.15) is 18.5 Å². The Bertz CT molecular complexity index is 1180. The maximum Gasteiger partial charge on any atom is 0.253 e. The molecule has 0 aliphatic rings. The summed E-state index contributed by atoms with van der Waals surface area (Å²) in [6, 6.07) is 8.73. The van der Waals surface area contributed by atoms with E-state index in [0.29, 0.717) is 16.5 Å². The van der Waals surface area contributed by atoms with Gasteiger partial charge in [0, 0.05) is 46.5 Å². The van der Waals surface area contributed by atoms with E-state index in [1.165, 1.54) is 0 Å². The highest BCUT2D eigenvalue weighted by molar-refractivity contribution is 6.31. The van der Waals surface area contributed by atoms with Crippen LogP contribution in [0.15, 0.2) is 53.7 Å². The topological polar surface area (TPSA) is 88.5 Å². The molecule has 7 nitrogen and oxygen atoms in total. The smallest absolute Gasteiger partial charge is 0.253 e. The maximum absolute atomic E-state index is 12.5. The average molecular weight is 381 g/mol. The van der Waals surface area contributed by atoms with Crippen molar-refractivity contribution >= 4 is 28.5 Å². The molecular formula is C19H17ClN6O. The number of hydrogen-bond donors (Lipinski definition) is 2. The quantitative estimate of drug-likeness (QED) is 0.565. The van der Waals surface area contributed by atoms with Gasteiger partial charge in [-0.3, -0.25) is 9.48 Å². The van der Waals surface area contributed by atoms with Crippen LogP contribution in [-0.4, -0.2) is 24.7 Å². The Morgan fingerprint density at radius 3 is 2.89 bits per heavy atom. The minimum atomic E-state index is -0.290. The molecule has 4 rings (SSSR count). The summed E-state index contributed by atoms with van der Waals surface area (Å²) in [5.74, 6) is 0.439. The lowest BCUT2D eigenvalue weighted by atomic mass is 10.1. The molecule has 1 aromatic carbocycles. The third-order valence-corrected chi connectivity index (χ3v) is 4.54. The van der Waals surface area contributed by atoms with Gasteiger partial charge in [-0.05, 0) is 37.3 Å². The Morgan fingerprint density at radius 1 is 1.26 bits per heavy atom. The Morgan fingerprint density at radius 2 is 2.11 bits per heavy atom. The number of halogens is 1. The lowest BCUT2D eigenvalue weighted by Crippen LogP contribution is -2.20. The zero-order chi connectivity index (χ0) is 19.0. The minimum absolute atomic E-state index is 0.159. The summed E-state index contributed by atoms with van der Waals surface area (Å²) in [7, 11) is 1.85. The third kappa shape index (κ3) is 3.54. The number of benzene rings is 1. The number of H-pyrrole nitrogens is 1. The molecule has 0 saturated carbocycles. The third-order valence-electron chi connectivity index (χ3n) is 4.30. The van der Waals surface area contributed by atoms with Crippen molar-refractivity contribution in [1.82, 2.24) is 24.7 Å². The first-order valence-corrected chi connectivity index (χ1v) is 8.78. The van der Waals surface area contributed by atoms with Crippen LogP contribution < -0.4 is 10.9 Å². The zero-order valence-electron chi connectivity index (χ0n) is 14.8. The van der Waals surface area contributed by atoms with E-state index < -0.39 is 0 Å². The fraction of sp³-hybridized carbons (Fsp3) is 0.158. The summed E-state index contributed by atoms with van der Waals surface area (Å²) in [6.45, 7) is 1.89. The van der Waals surface area contributed by atoms with Crippen molar-refractivity contribution in [3.05, 3.63) is 69.9 Å². The Hall–Kier alpha value is -3.19. The number of nitrogens with zero attached hydrogens (tertiary/aromatic N) is 4. The van der Waals surface area contributed by atoms with Crippen LogP contribution >= 0.6 is 11.6 Å². The molecule has 2 N–H and O–H groups in total. The van der Waals surface area contributed by atoms with Gasteiger partial charge in [-0.2, -0.15) is 5.10 Å². The normalized spacial score (nSPS) is 12.3. The second kappa shape index (κ2) is 6.85. The average Bonchev–Trinajstić information content (AvgIpc) is 3.08. The van der Waals surface area contributed by atoms with Crippen LogP contribution in [0.2, 0.25) is 5.02 Å². The van der Waals surface area contributed by atoms with E-state index in [-0.39, 0.29) is 11.6 Å². The van der Waals surface area contributed by atoms with Crippen molar-refractivity contribution in [3.8, 4) is 11.3 Å². The first-order chi connectivity index (χ1) is 13.0. The molecule has 4 aromatic rings. The van der Waals surface area contributed by atoms with Gasteiger partial charge in [0.2, 0.25) is 5.95 Å². The summed E-state index contributed by atoms with van der Waals surface area (Å²) in [4.78, 5) is 24.1. The molecule has 1 atom stereocenters. The van der Waals surface area contributed by atoms with Crippen molar-refractivity contribution in [1.29, 1.82) is 0 Å². The van der Waals surface area contributed by atoms with Gasteiger partial charge in [0.1, 0.15) is 0 Å². The molecule has 0 saturated heterocycles. The molecule has 0 aliphatic heterocycles. The van der Waals surface area contributed by atoms with E-state index in [4.69, 9.17) is 11.6 Å². The number of rotatable bonds is 4. The highest BCUT2D eigenvalue weighted by Gasteiger charge is 2.13. The first-order valence-electron chi connectivity index (χ1n) is 8.41. The van der Waals surface area contributed by atoms with Crippen LogP contribution in [-0.2, 0) is 7.05 Å². The van der Waals surface area contributed by atoms with Crippen molar-refractivity contribution in [2.75, 3.05) is 5.32 Å². The molecule has 0 aliphatic carbocycles. The van der Waals surface area contributed by atoms with Crippen LogP contribution in [0, 0.1) is 0 Å². The van der Waals surface area contributed by atoms with Gasteiger partial charge in [-0.15, -0.1) is 0 Å². The fourth-order valence-corrected chi connectivity index (χ4v) is 3.11. The molecule has 8 heteroatoms. The van der Waals surface area contributed by atoms with E-state index in [9.17, 15) is 4.79 Å². The number of pyridine rings is 1. The van der Waals surface area contributed by atoms with Gasteiger partial charge in [0.25, 0.3) is 5.56 Å². The molecule has 3 aromatic heterocycles. The first kappa shape index (κ1) is 17.2. The second-order valence-corrected chi connectivity index (χ2v) is 6.76. The predicted molar refractivity (Wildman–Crippen MR) is 106 cm³/mol. The lowest BCUT2D eigenvalue weighted by molar-refractivity contribution is 0.768. The molecule has 0 fully saturated rings. The molecular weight excluding hydrogens is 364 g/mol. The van der Waals surface area contributed by atoms with Crippen LogP contribution in [0.5, 0.6) is 0 Å². The van der Waals surface area contributed by atoms with Gasteiger partial charge in [-0.25, -0.2) is 9.97 Å². The zero-order valence-corrected chi connectivity index (χ0v) is 15.5. The van der Waals surface area contributed by atoms with E-state index in [0.717, 1.165) is 22.2 Å². The van der Waals surface area contributed by atoms with E-state index >= 15 is 0 Å². The summed E-state index contributed by atoms with van der Waals surface area (Å²) in [5, 5.41) is 8.84. The van der Waals surface area contributed by atoms with Gasteiger partial charge in [0.15, 0.2) is 0 Å². The molecule has 136 valence electrons. The molecule has 0 amide bonds. The standard InChI is InChI=1S/C19H17ClN6O/c1-11(15-8-12-7-14(20)3-4-16(12)24-18(15)27)23-19-21-6-5-17(25-19)13-9-22-26(2)10-13/h3-11H,1-2H3,(H,24,27)(H,21,23,25)/t11-/m0/s1. The van der Waals surface area contributed by atoms with Crippen molar-refractivity contribution in [2.24, 2.45) is 7.05 Å². The molecule has 0 spiro atoms. The molecule has 27 heavy (non-hydrogen) atoms. The number of aromatic nitrogens is 5. The van der Waals surface area contributed by atoms with Crippen molar-refractivity contribution in [3.63, 3.8) is 0 Å². The summed E-state index contributed by atoms with van der Waals surface area (Å²) >= 11 is 6.06. The minimum Gasteiger partial charge on any atom is -0.347 e. The van der Waals surface area contributed by atoms with Crippen LogP contribution in [0.25, 0.3) is 22.2 Å². The number of hydrogen-bond acceptors (Lipinski definition) is 5. The molecule has 0 radical (unpaired) electrons. The highest BCUT2D eigenvalue weighted by atomic mass is 35.5. The Labute approximate surface area is 160 Å². The van der Waals surface area contributed by atoms with Crippen molar-refractivity contribution in [2.45, 2.75) is 13.0 Å². The van der Waals surface area contributed by atoms with Crippen molar-refractivity contribution < 1.29 is 0 Å². The number of fused-ring (bicyclic) bond motifs is 1. The Kier molecular flexibility index (Phi) is 4.37. The molecule has 3 heterocycles. The van der Waals surface area contributed by atoms with Gasteiger partial charge in [-0.1, -0.05) is 11.6 Å². The number of aromatic amines is 1. The van der Waals surface area contributed by atoms with Crippen LogP contribution in [0.4, 0.5) is 5.95 Å². The Balaban J connectivity index is 1.64.